The lowest BCUT2D eigenvalue weighted by Gasteiger charge is -2.43. The van der Waals surface area contributed by atoms with Gasteiger partial charge in [-0.3, -0.25) is 14.6 Å². The minimum atomic E-state index is 0.357. The molecular formula is C21H40N4O. The summed E-state index contributed by atoms with van der Waals surface area (Å²) in [6.45, 7) is 13.9. The van der Waals surface area contributed by atoms with Gasteiger partial charge in [-0.05, 0) is 51.6 Å². The van der Waals surface area contributed by atoms with E-state index in [-0.39, 0.29) is 0 Å². The Hall–Kier alpha value is -0.650. The van der Waals surface area contributed by atoms with Crippen LogP contribution in [0.1, 0.15) is 58.8 Å². The SMILES string of the molecule is CCCN(CCC)C1CCN(CC(=O)N2CCN(C3CCC3)CC2)CC1. The molecule has 0 aromatic rings. The predicted octanol–water partition coefficient (Wildman–Crippen LogP) is 2.27. The molecule has 5 heteroatoms. The highest BCUT2D eigenvalue weighted by atomic mass is 16.2. The normalized spacial score (nSPS) is 24.2. The zero-order valence-corrected chi connectivity index (χ0v) is 17.2. The van der Waals surface area contributed by atoms with Gasteiger partial charge in [0.1, 0.15) is 0 Å². The predicted molar refractivity (Wildman–Crippen MR) is 107 cm³/mol. The van der Waals surface area contributed by atoms with Crippen LogP contribution in [-0.2, 0) is 4.79 Å². The summed E-state index contributed by atoms with van der Waals surface area (Å²) in [5.41, 5.74) is 0. The number of piperidine rings is 1. The van der Waals surface area contributed by atoms with E-state index in [1.54, 1.807) is 0 Å². The lowest BCUT2D eigenvalue weighted by molar-refractivity contribution is -0.135. The number of carbonyl (C=O) groups is 1. The van der Waals surface area contributed by atoms with Crippen molar-refractivity contribution in [1.29, 1.82) is 0 Å². The molecule has 150 valence electrons. The van der Waals surface area contributed by atoms with Crippen LogP contribution in [0.5, 0.6) is 0 Å². The first-order valence-electron chi connectivity index (χ1n) is 11.2. The van der Waals surface area contributed by atoms with E-state index in [9.17, 15) is 4.79 Å². The highest BCUT2D eigenvalue weighted by Gasteiger charge is 2.30. The fourth-order valence-electron chi connectivity index (χ4n) is 4.87. The Balaban J connectivity index is 1.36. The van der Waals surface area contributed by atoms with E-state index in [0.29, 0.717) is 12.5 Å². The van der Waals surface area contributed by atoms with E-state index in [2.05, 4.69) is 33.4 Å². The van der Waals surface area contributed by atoms with Gasteiger partial charge in [0, 0.05) is 51.4 Å². The van der Waals surface area contributed by atoms with Gasteiger partial charge in [-0.15, -0.1) is 0 Å². The molecule has 0 radical (unpaired) electrons. The molecule has 5 nitrogen and oxygen atoms in total. The minimum Gasteiger partial charge on any atom is -0.339 e. The third-order valence-electron chi connectivity index (χ3n) is 6.71. The number of hydrogen-bond acceptors (Lipinski definition) is 4. The molecule has 0 spiro atoms. The summed E-state index contributed by atoms with van der Waals surface area (Å²) in [6, 6.07) is 1.55. The number of amides is 1. The van der Waals surface area contributed by atoms with Crippen molar-refractivity contribution in [1.82, 2.24) is 19.6 Å². The first-order valence-corrected chi connectivity index (χ1v) is 11.2. The average Bonchev–Trinajstić information content (AvgIpc) is 2.61. The molecule has 2 aliphatic heterocycles. The molecule has 2 saturated heterocycles. The Bertz CT molecular complexity index is 418. The standard InChI is InChI=1S/C21H40N4O/c1-3-10-23(11-4-2)20-8-12-22(13-9-20)18-21(26)25-16-14-24(15-17-25)19-6-5-7-19/h19-20H,3-18H2,1-2H3. The second kappa shape index (κ2) is 10.0. The second-order valence-electron chi connectivity index (χ2n) is 8.54. The van der Waals surface area contributed by atoms with Gasteiger partial charge in [0.15, 0.2) is 0 Å². The zero-order valence-electron chi connectivity index (χ0n) is 17.2. The van der Waals surface area contributed by atoms with Crippen LogP contribution in [-0.4, -0.2) is 96.5 Å². The summed E-state index contributed by atoms with van der Waals surface area (Å²) in [4.78, 5) is 22.5. The van der Waals surface area contributed by atoms with Gasteiger partial charge in [0.05, 0.1) is 6.54 Å². The molecule has 3 fully saturated rings. The summed E-state index contributed by atoms with van der Waals surface area (Å²) >= 11 is 0. The van der Waals surface area contributed by atoms with Gasteiger partial charge in [0.25, 0.3) is 0 Å². The number of nitrogens with zero attached hydrogens (tertiary/aromatic N) is 4. The molecule has 3 rings (SSSR count). The van der Waals surface area contributed by atoms with Gasteiger partial charge < -0.3 is 9.80 Å². The number of likely N-dealkylation sites (tertiary alicyclic amines) is 1. The van der Waals surface area contributed by atoms with Crippen molar-refractivity contribution in [3.05, 3.63) is 0 Å². The van der Waals surface area contributed by atoms with Gasteiger partial charge in [0.2, 0.25) is 5.91 Å². The van der Waals surface area contributed by atoms with Gasteiger partial charge in [-0.25, -0.2) is 0 Å². The van der Waals surface area contributed by atoms with Gasteiger partial charge >= 0.3 is 0 Å². The fourth-order valence-corrected chi connectivity index (χ4v) is 4.87. The first kappa shape index (κ1) is 20.1. The van der Waals surface area contributed by atoms with Crippen LogP contribution in [0.4, 0.5) is 0 Å². The molecule has 3 aliphatic rings. The molecule has 1 amide bonds. The highest BCUT2D eigenvalue weighted by molar-refractivity contribution is 5.78. The van der Waals surface area contributed by atoms with Crippen molar-refractivity contribution in [2.75, 3.05) is 58.9 Å². The molecule has 0 bridgehead atoms. The molecule has 0 N–H and O–H groups in total. The minimum absolute atomic E-state index is 0.357. The van der Waals surface area contributed by atoms with E-state index in [4.69, 9.17) is 0 Å². The largest absolute Gasteiger partial charge is 0.339 e. The van der Waals surface area contributed by atoms with E-state index < -0.39 is 0 Å². The lowest BCUT2D eigenvalue weighted by Crippen LogP contribution is -2.55. The van der Waals surface area contributed by atoms with E-state index >= 15 is 0 Å². The van der Waals surface area contributed by atoms with E-state index in [1.807, 2.05) is 0 Å². The molecule has 1 aliphatic carbocycles. The van der Waals surface area contributed by atoms with Crippen LogP contribution in [0, 0.1) is 0 Å². The Morgan fingerprint density at radius 3 is 2.00 bits per heavy atom. The Labute approximate surface area is 160 Å². The van der Waals surface area contributed by atoms with Crippen molar-refractivity contribution in [2.24, 2.45) is 0 Å². The Morgan fingerprint density at radius 1 is 0.885 bits per heavy atom. The van der Waals surface area contributed by atoms with Crippen molar-refractivity contribution < 1.29 is 4.79 Å². The maximum atomic E-state index is 12.7. The smallest absolute Gasteiger partial charge is 0.236 e. The Kier molecular flexibility index (Phi) is 7.77. The van der Waals surface area contributed by atoms with Crippen LogP contribution >= 0.6 is 0 Å². The maximum absolute atomic E-state index is 12.7. The molecule has 2 heterocycles. The van der Waals surface area contributed by atoms with Crippen molar-refractivity contribution in [3.63, 3.8) is 0 Å². The number of piperazine rings is 1. The van der Waals surface area contributed by atoms with E-state index in [0.717, 1.165) is 51.4 Å². The number of hydrogen-bond donors (Lipinski definition) is 0. The lowest BCUT2D eigenvalue weighted by atomic mass is 9.91. The first-order chi connectivity index (χ1) is 12.7. The molecule has 0 atom stereocenters. The summed E-state index contributed by atoms with van der Waals surface area (Å²) in [5.74, 6) is 0.357. The summed E-state index contributed by atoms with van der Waals surface area (Å²) < 4.78 is 0. The fraction of sp³-hybridized carbons (Fsp3) is 0.952. The van der Waals surface area contributed by atoms with E-state index in [1.165, 1.54) is 58.0 Å². The zero-order chi connectivity index (χ0) is 18.4. The monoisotopic (exact) mass is 364 g/mol. The maximum Gasteiger partial charge on any atom is 0.236 e. The van der Waals surface area contributed by atoms with Crippen LogP contribution < -0.4 is 0 Å². The number of rotatable bonds is 8. The molecule has 1 saturated carbocycles. The quantitative estimate of drug-likeness (QED) is 0.661. The van der Waals surface area contributed by atoms with Crippen molar-refractivity contribution in [3.8, 4) is 0 Å². The molecular weight excluding hydrogens is 324 g/mol. The highest BCUT2D eigenvalue weighted by Crippen LogP contribution is 2.25. The topological polar surface area (TPSA) is 30.0 Å². The van der Waals surface area contributed by atoms with Crippen LogP contribution in [0.15, 0.2) is 0 Å². The average molecular weight is 365 g/mol. The third-order valence-corrected chi connectivity index (χ3v) is 6.71. The van der Waals surface area contributed by atoms with Crippen molar-refractivity contribution in [2.45, 2.75) is 70.9 Å². The van der Waals surface area contributed by atoms with Gasteiger partial charge in [-0.1, -0.05) is 20.3 Å². The molecule has 0 aromatic heterocycles. The summed E-state index contributed by atoms with van der Waals surface area (Å²) in [5, 5.41) is 0. The molecule has 26 heavy (non-hydrogen) atoms. The third kappa shape index (κ3) is 5.20. The number of carbonyl (C=O) groups excluding carboxylic acids is 1. The molecule has 0 aromatic carbocycles. The van der Waals surface area contributed by atoms with Crippen molar-refractivity contribution >= 4 is 5.91 Å². The Morgan fingerprint density at radius 2 is 1.50 bits per heavy atom. The van der Waals surface area contributed by atoms with Crippen LogP contribution in [0.3, 0.4) is 0 Å². The summed E-state index contributed by atoms with van der Waals surface area (Å²) in [6.07, 6.45) is 9.07. The van der Waals surface area contributed by atoms with Gasteiger partial charge in [-0.2, -0.15) is 0 Å². The van der Waals surface area contributed by atoms with Crippen LogP contribution in [0.25, 0.3) is 0 Å². The van der Waals surface area contributed by atoms with Crippen LogP contribution in [0.2, 0.25) is 0 Å². The second-order valence-corrected chi connectivity index (χ2v) is 8.54. The summed E-state index contributed by atoms with van der Waals surface area (Å²) in [7, 11) is 0. The molecule has 0 unspecified atom stereocenters.